The van der Waals surface area contributed by atoms with Gasteiger partial charge in [-0.2, -0.15) is 0 Å². The summed E-state index contributed by atoms with van der Waals surface area (Å²) in [4.78, 5) is 0. The van der Waals surface area contributed by atoms with Crippen LogP contribution >= 0.6 is 9.24 Å². The molecule has 0 aromatic heterocycles. The lowest BCUT2D eigenvalue weighted by Gasteiger charge is -2.09. The molecule has 1 unspecified atom stereocenters. The van der Waals surface area contributed by atoms with E-state index in [9.17, 15) is 4.39 Å². The van der Waals surface area contributed by atoms with Gasteiger partial charge in [0.25, 0.3) is 0 Å². The lowest BCUT2D eigenvalue weighted by Crippen LogP contribution is -2.16. The van der Waals surface area contributed by atoms with Gasteiger partial charge in [0.1, 0.15) is 5.82 Å². The van der Waals surface area contributed by atoms with E-state index in [1.807, 2.05) is 12.1 Å². The van der Waals surface area contributed by atoms with Crippen molar-refractivity contribution < 1.29 is 4.39 Å². The maximum absolute atomic E-state index is 13.6. The summed E-state index contributed by atoms with van der Waals surface area (Å²) < 4.78 is 13.6. The Hall–Kier alpha value is -1.24. The Labute approximate surface area is 121 Å². The number of nitrogens with one attached hydrogen (secondary N) is 1. The van der Waals surface area contributed by atoms with Crippen molar-refractivity contribution in [1.29, 1.82) is 0 Å². The molecule has 2 aromatic carbocycles. The van der Waals surface area contributed by atoms with E-state index in [2.05, 4.69) is 32.8 Å². The van der Waals surface area contributed by atoms with Crippen molar-refractivity contribution >= 4 is 14.5 Å². The molecule has 1 heterocycles. The molecule has 1 atom stereocenters. The van der Waals surface area contributed by atoms with Crippen molar-refractivity contribution in [3.8, 4) is 0 Å². The van der Waals surface area contributed by atoms with Crippen molar-refractivity contribution in [1.82, 2.24) is 5.32 Å². The molecule has 0 spiro atoms. The van der Waals surface area contributed by atoms with Crippen molar-refractivity contribution in [3.63, 3.8) is 0 Å². The molecule has 3 rings (SSSR count). The molecular formula is C17H19FNP. The predicted octanol–water partition coefficient (Wildman–Crippen LogP) is 2.61. The van der Waals surface area contributed by atoms with Gasteiger partial charge < -0.3 is 5.32 Å². The molecule has 1 aliphatic heterocycles. The van der Waals surface area contributed by atoms with Crippen LogP contribution < -0.4 is 10.6 Å². The fourth-order valence-corrected chi connectivity index (χ4v) is 2.93. The predicted molar refractivity (Wildman–Crippen MR) is 85.3 cm³/mol. The molecule has 2 aromatic rings. The maximum Gasteiger partial charge on any atom is 0.130 e. The minimum atomic E-state index is -0.147. The third-order valence-electron chi connectivity index (χ3n) is 3.89. The minimum absolute atomic E-state index is 0.147. The van der Waals surface area contributed by atoms with Gasteiger partial charge in [-0.05, 0) is 60.7 Å². The normalized spacial score (nSPS) is 14.7. The van der Waals surface area contributed by atoms with E-state index >= 15 is 0 Å². The third-order valence-corrected chi connectivity index (χ3v) is 4.35. The van der Waals surface area contributed by atoms with Crippen LogP contribution in [0.25, 0.3) is 0 Å². The molecule has 0 bridgehead atoms. The zero-order chi connectivity index (χ0) is 13.9. The van der Waals surface area contributed by atoms with Crippen LogP contribution in [0.3, 0.4) is 0 Å². The topological polar surface area (TPSA) is 12.0 Å². The molecule has 3 heteroatoms. The van der Waals surface area contributed by atoms with Crippen LogP contribution in [0, 0.1) is 5.82 Å². The smallest absolute Gasteiger partial charge is 0.130 e. The summed E-state index contributed by atoms with van der Waals surface area (Å²) in [6, 6.07) is 12.2. The van der Waals surface area contributed by atoms with Crippen LogP contribution in [-0.2, 0) is 19.3 Å². The zero-order valence-electron chi connectivity index (χ0n) is 11.5. The summed E-state index contributed by atoms with van der Waals surface area (Å²) in [6.45, 7) is 2.11. The van der Waals surface area contributed by atoms with Crippen LogP contribution in [0.4, 0.5) is 4.39 Å². The van der Waals surface area contributed by atoms with Gasteiger partial charge in [0.05, 0.1) is 0 Å². The molecule has 0 saturated heterocycles. The summed E-state index contributed by atoms with van der Waals surface area (Å²) in [5.41, 5.74) is 5.18. The molecule has 0 amide bonds. The minimum Gasteiger partial charge on any atom is -0.316 e. The average Bonchev–Trinajstić information content (AvgIpc) is 2.68. The fraction of sp³-hybridized carbons (Fsp3) is 0.294. The molecule has 1 N–H and O–H groups in total. The SMILES string of the molecule is Fc1cc(Cc2ccc3c(c2)CCNCC3)ccc1P. The van der Waals surface area contributed by atoms with Crippen molar-refractivity contribution in [2.75, 3.05) is 13.1 Å². The highest BCUT2D eigenvalue weighted by Gasteiger charge is 2.08. The number of benzene rings is 2. The summed E-state index contributed by atoms with van der Waals surface area (Å²) in [7, 11) is 2.42. The first kappa shape index (κ1) is 13.7. The van der Waals surface area contributed by atoms with Crippen LogP contribution in [0.2, 0.25) is 0 Å². The summed E-state index contributed by atoms with van der Waals surface area (Å²) in [5.74, 6) is -0.147. The molecule has 1 nitrogen and oxygen atoms in total. The Morgan fingerprint density at radius 2 is 1.65 bits per heavy atom. The van der Waals surface area contributed by atoms with Crippen LogP contribution in [0.1, 0.15) is 22.3 Å². The molecule has 1 aliphatic rings. The summed E-state index contributed by atoms with van der Waals surface area (Å²) in [6.07, 6.45) is 2.98. The number of fused-ring (bicyclic) bond motifs is 1. The van der Waals surface area contributed by atoms with Crippen molar-refractivity contribution in [3.05, 3.63) is 64.5 Å². The van der Waals surface area contributed by atoms with Gasteiger partial charge in [0.2, 0.25) is 0 Å². The second-order valence-electron chi connectivity index (χ2n) is 5.39. The Kier molecular flexibility index (Phi) is 4.14. The number of hydrogen-bond donors (Lipinski definition) is 1. The maximum atomic E-state index is 13.6. The van der Waals surface area contributed by atoms with E-state index in [1.165, 1.54) is 16.7 Å². The molecule has 0 aliphatic carbocycles. The van der Waals surface area contributed by atoms with Gasteiger partial charge >= 0.3 is 0 Å². The highest BCUT2D eigenvalue weighted by atomic mass is 31.0. The third kappa shape index (κ3) is 3.08. The number of hydrogen-bond acceptors (Lipinski definition) is 1. The van der Waals surface area contributed by atoms with Gasteiger partial charge in [-0.3, -0.25) is 0 Å². The van der Waals surface area contributed by atoms with Crippen LogP contribution in [-0.4, -0.2) is 13.1 Å². The monoisotopic (exact) mass is 287 g/mol. The first-order valence-electron chi connectivity index (χ1n) is 7.08. The highest BCUT2D eigenvalue weighted by Crippen LogP contribution is 2.18. The van der Waals surface area contributed by atoms with E-state index in [4.69, 9.17) is 0 Å². The average molecular weight is 287 g/mol. The molecule has 20 heavy (non-hydrogen) atoms. The Morgan fingerprint density at radius 3 is 2.45 bits per heavy atom. The largest absolute Gasteiger partial charge is 0.316 e. The van der Waals surface area contributed by atoms with Crippen LogP contribution in [0.5, 0.6) is 0 Å². The number of halogens is 1. The fourth-order valence-electron chi connectivity index (χ4n) is 2.75. The standard InChI is InChI=1S/C17H19FNP/c18-16-11-13(2-4-17(16)20)9-12-1-3-14-5-7-19-8-6-15(14)10-12/h1-4,10-11,19H,5-9,20H2. The van der Waals surface area contributed by atoms with Gasteiger partial charge in [-0.25, -0.2) is 4.39 Å². The van der Waals surface area contributed by atoms with Crippen molar-refractivity contribution in [2.24, 2.45) is 0 Å². The van der Waals surface area contributed by atoms with E-state index in [0.29, 0.717) is 5.30 Å². The first-order valence-corrected chi connectivity index (χ1v) is 7.65. The Bertz CT molecular complexity index is 624. The molecule has 0 saturated carbocycles. The first-order chi connectivity index (χ1) is 9.72. The van der Waals surface area contributed by atoms with Crippen LogP contribution in [0.15, 0.2) is 36.4 Å². The van der Waals surface area contributed by atoms with Gasteiger partial charge in [-0.15, -0.1) is 9.24 Å². The lowest BCUT2D eigenvalue weighted by atomic mass is 9.97. The molecule has 0 fully saturated rings. The Morgan fingerprint density at radius 1 is 0.950 bits per heavy atom. The van der Waals surface area contributed by atoms with E-state index in [0.717, 1.165) is 37.9 Å². The van der Waals surface area contributed by atoms with Gasteiger partial charge in [0.15, 0.2) is 0 Å². The molecule has 0 radical (unpaired) electrons. The highest BCUT2D eigenvalue weighted by molar-refractivity contribution is 7.27. The van der Waals surface area contributed by atoms with E-state index < -0.39 is 0 Å². The van der Waals surface area contributed by atoms with Gasteiger partial charge in [0, 0.05) is 5.30 Å². The summed E-state index contributed by atoms with van der Waals surface area (Å²) >= 11 is 0. The second kappa shape index (κ2) is 6.03. The summed E-state index contributed by atoms with van der Waals surface area (Å²) in [5, 5.41) is 4.05. The van der Waals surface area contributed by atoms with E-state index in [-0.39, 0.29) is 5.82 Å². The van der Waals surface area contributed by atoms with Crippen molar-refractivity contribution in [2.45, 2.75) is 19.3 Å². The quantitative estimate of drug-likeness (QED) is 0.837. The molecule has 104 valence electrons. The number of rotatable bonds is 2. The Balaban J connectivity index is 1.83. The molecular weight excluding hydrogens is 268 g/mol. The van der Waals surface area contributed by atoms with E-state index in [1.54, 1.807) is 6.07 Å². The second-order valence-corrected chi connectivity index (χ2v) is 6.01. The zero-order valence-corrected chi connectivity index (χ0v) is 12.6. The van der Waals surface area contributed by atoms with Gasteiger partial charge in [-0.1, -0.05) is 30.3 Å². The lowest BCUT2D eigenvalue weighted by molar-refractivity contribution is 0.635.